The predicted molar refractivity (Wildman–Crippen MR) is 112 cm³/mol. The van der Waals surface area contributed by atoms with Gasteiger partial charge in [-0.25, -0.2) is 14.1 Å². The molecule has 3 atom stereocenters. The van der Waals surface area contributed by atoms with Crippen LogP contribution >= 0.6 is 0 Å². The van der Waals surface area contributed by atoms with Gasteiger partial charge in [0.25, 0.3) is 0 Å². The normalized spacial score (nSPS) is 28.2. The number of benzene rings is 1. The summed E-state index contributed by atoms with van der Waals surface area (Å²) in [4.78, 5) is 4.93. The van der Waals surface area contributed by atoms with Crippen molar-refractivity contribution < 1.29 is 22.7 Å². The molecule has 0 aliphatic heterocycles. The maximum atomic E-state index is 13.6. The first-order valence-electron chi connectivity index (χ1n) is 11.1. The molecule has 32 heavy (non-hydrogen) atoms. The highest BCUT2D eigenvalue weighted by Gasteiger charge is 2.60. The van der Waals surface area contributed by atoms with Crippen molar-refractivity contribution in [2.75, 3.05) is 0 Å². The standard InChI is InChI=1S/C24H25F4N3O/c1-2-22-10-11-23(32,24(26,27)28)13-16(22)4-3-5-20-19(22)12-15-14-29-31(21(15)30-20)18-8-6-17(25)7-9-18/h6-9,12,14,16,32H,2-5,10-11,13H2,1H3/t16-,22-,23-/m0/s1. The van der Waals surface area contributed by atoms with Crippen molar-refractivity contribution in [3.63, 3.8) is 0 Å². The molecular formula is C24H25F4N3O. The highest BCUT2D eigenvalue weighted by atomic mass is 19.4. The Bertz CT molecular complexity index is 1160. The Labute approximate surface area is 183 Å². The van der Waals surface area contributed by atoms with Crippen LogP contribution in [-0.2, 0) is 11.8 Å². The van der Waals surface area contributed by atoms with Crippen molar-refractivity contribution in [2.24, 2.45) is 5.92 Å². The highest BCUT2D eigenvalue weighted by Crippen LogP contribution is 2.56. The van der Waals surface area contributed by atoms with E-state index in [-0.39, 0.29) is 31.0 Å². The van der Waals surface area contributed by atoms with Gasteiger partial charge in [-0.3, -0.25) is 0 Å². The minimum absolute atomic E-state index is 0.263. The number of nitrogens with zero attached hydrogens (tertiary/aromatic N) is 3. The molecule has 2 aliphatic carbocycles. The van der Waals surface area contributed by atoms with Crippen LogP contribution in [0.2, 0.25) is 0 Å². The number of rotatable bonds is 2. The van der Waals surface area contributed by atoms with Crippen LogP contribution in [0.5, 0.6) is 0 Å². The molecule has 0 spiro atoms. The molecule has 1 N–H and O–H groups in total. The van der Waals surface area contributed by atoms with Crippen molar-refractivity contribution in [1.29, 1.82) is 0 Å². The van der Waals surface area contributed by atoms with Crippen molar-refractivity contribution in [1.82, 2.24) is 14.8 Å². The van der Waals surface area contributed by atoms with Crippen molar-refractivity contribution in [2.45, 2.75) is 69.1 Å². The third-order valence-corrected chi connectivity index (χ3v) is 7.71. The summed E-state index contributed by atoms with van der Waals surface area (Å²) >= 11 is 0. The van der Waals surface area contributed by atoms with E-state index in [4.69, 9.17) is 4.98 Å². The second-order valence-corrected chi connectivity index (χ2v) is 9.26. The highest BCUT2D eigenvalue weighted by molar-refractivity contribution is 5.78. The van der Waals surface area contributed by atoms with Gasteiger partial charge in [0, 0.05) is 11.1 Å². The van der Waals surface area contributed by atoms with E-state index in [0.29, 0.717) is 30.6 Å². The van der Waals surface area contributed by atoms with Gasteiger partial charge in [0.2, 0.25) is 0 Å². The number of hydrogen-bond acceptors (Lipinski definition) is 3. The zero-order valence-electron chi connectivity index (χ0n) is 17.8. The molecular weight excluding hydrogens is 422 g/mol. The Morgan fingerprint density at radius 1 is 1.19 bits per heavy atom. The molecule has 4 nitrogen and oxygen atoms in total. The lowest BCUT2D eigenvalue weighted by Gasteiger charge is -2.50. The summed E-state index contributed by atoms with van der Waals surface area (Å²) in [7, 11) is 0. The number of aliphatic hydroxyl groups is 1. The molecule has 170 valence electrons. The number of pyridine rings is 1. The summed E-state index contributed by atoms with van der Waals surface area (Å²) in [6.45, 7) is 2.02. The minimum atomic E-state index is -4.62. The number of halogens is 4. The minimum Gasteiger partial charge on any atom is -0.380 e. The first-order valence-corrected chi connectivity index (χ1v) is 11.1. The topological polar surface area (TPSA) is 50.9 Å². The van der Waals surface area contributed by atoms with Gasteiger partial charge in [-0.15, -0.1) is 0 Å². The Morgan fingerprint density at radius 3 is 2.62 bits per heavy atom. The third kappa shape index (κ3) is 3.14. The van der Waals surface area contributed by atoms with E-state index < -0.39 is 17.2 Å². The van der Waals surface area contributed by atoms with Gasteiger partial charge in [-0.05, 0) is 92.2 Å². The second-order valence-electron chi connectivity index (χ2n) is 9.26. The molecule has 1 saturated carbocycles. The van der Waals surface area contributed by atoms with Gasteiger partial charge in [0.05, 0.1) is 11.9 Å². The quantitative estimate of drug-likeness (QED) is 0.518. The summed E-state index contributed by atoms with van der Waals surface area (Å²) in [6, 6.07) is 8.04. The van der Waals surface area contributed by atoms with Crippen LogP contribution < -0.4 is 0 Å². The van der Waals surface area contributed by atoms with E-state index in [0.717, 1.165) is 23.1 Å². The van der Waals surface area contributed by atoms with Crippen LogP contribution in [0.3, 0.4) is 0 Å². The largest absolute Gasteiger partial charge is 0.417 e. The zero-order chi connectivity index (χ0) is 22.7. The molecule has 1 fully saturated rings. The molecule has 0 bridgehead atoms. The number of fused-ring (bicyclic) bond motifs is 4. The van der Waals surface area contributed by atoms with E-state index in [1.54, 1.807) is 23.0 Å². The second kappa shape index (κ2) is 7.27. The van der Waals surface area contributed by atoms with Gasteiger partial charge in [0.15, 0.2) is 11.2 Å². The Hall–Kier alpha value is -2.48. The lowest BCUT2D eigenvalue weighted by Crippen LogP contribution is -2.54. The van der Waals surface area contributed by atoms with Crippen LogP contribution in [0.4, 0.5) is 17.6 Å². The van der Waals surface area contributed by atoms with Crippen molar-refractivity contribution >= 4 is 11.0 Å². The van der Waals surface area contributed by atoms with E-state index >= 15 is 0 Å². The molecule has 2 heterocycles. The average Bonchev–Trinajstić information content (AvgIpc) is 3.09. The lowest BCUT2D eigenvalue weighted by atomic mass is 9.57. The van der Waals surface area contributed by atoms with Gasteiger partial charge in [0.1, 0.15) is 5.82 Å². The van der Waals surface area contributed by atoms with Crippen molar-refractivity contribution in [3.8, 4) is 5.69 Å². The zero-order valence-corrected chi connectivity index (χ0v) is 17.8. The van der Waals surface area contributed by atoms with Crippen LogP contribution in [0.25, 0.3) is 16.7 Å². The fourth-order valence-corrected chi connectivity index (χ4v) is 5.89. The van der Waals surface area contributed by atoms with Crippen LogP contribution in [0.1, 0.15) is 56.7 Å². The van der Waals surface area contributed by atoms with Gasteiger partial charge in [-0.1, -0.05) is 6.92 Å². The molecule has 0 saturated heterocycles. The smallest absolute Gasteiger partial charge is 0.380 e. The summed E-state index contributed by atoms with van der Waals surface area (Å²) in [5.41, 5.74) is 0.177. The monoisotopic (exact) mass is 447 g/mol. The Balaban J connectivity index is 1.61. The Morgan fingerprint density at radius 2 is 1.94 bits per heavy atom. The van der Waals surface area contributed by atoms with Gasteiger partial charge in [-0.2, -0.15) is 18.3 Å². The molecule has 0 unspecified atom stereocenters. The van der Waals surface area contributed by atoms with E-state index in [1.807, 2.05) is 13.0 Å². The van der Waals surface area contributed by atoms with Crippen LogP contribution in [0.15, 0.2) is 36.5 Å². The van der Waals surface area contributed by atoms with Gasteiger partial charge >= 0.3 is 6.18 Å². The fraction of sp³-hybridized carbons (Fsp3) is 0.500. The van der Waals surface area contributed by atoms with Crippen LogP contribution in [-0.4, -0.2) is 31.6 Å². The maximum absolute atomic E-state index is 13.6. The number of aryl methyl sites for hydroxylation is 1. The SMILES string of the molecule is CC[C@]12CC[C@@](O)(C(F)(F)F)C[C@@H]1CCCc1nc3c(cnn3-c3ccc(F)cc3)cc12. The molecule has 2 aromatic heterocycles. The number of hydrogen-bond donors (Lipinski definition) is 1. The fourth-order valence-electron chi connectivity index (χ4n) is 5.89. The molecule has 0 radical (unpaired) electrons. The predicted octanol–water partition coefficient (Wildman–Crippen LogP) is 5.64. The molecule has 8 heteroatoms. The van der Waals surface area contributed by atoms with Crippen molar-refractivity contribution in [3.05, 3.63) is 53.6 Å². The number of aromatic nitrogens is 3. The van der Waals surface area contributed by atoms with E-state index in [9.17, 15) is 22.7 Å². The summed E-state index contributed by atoms with van der Waals surface area (Å²) in [5, 5.41) is 15.7. The maximum Gasteiger partial charge on any atom is 0.417 e. The first-order chi connectivity index (χ1) is 15.2. The van der Waals surface area contributed by atoms with Gasteiger partial charge < -0.3 is 5.11 Å². The molecule has 3 aromatic rings. The average molecular weight is 447 g/mol. The van der Waals surface area contributed by atoms with Crippen LogP contribution in [0, 0.1) is 11.7 Å². The first kappa shape index (κ1) is 21.4. The third-order valence-electron chi connectivity index (χ3n) is 7.71. The van der Waals surface area contributed by atoms with E-state index in [1.165, 1.54) is 12.1 Å². The lowest BCUT2D eigenvalue weighted by molar-refractivity contribution is -0.279. The number of alkyl halides is 3. The summed E-state index contributed by atoms with van der Waals surface area (Å²) in [6.07, 6.45) is -0.509. The molecule has 0 amide bonds. The molecule has 1 aromatic carbocycles. The Kier molecular flexibility index (Phi) is 4.85. The molecule has 5 rings (SSSR count). The summed E-state index contributed by atoms with van der Waals surface area (Å²) in [5.74, 6) is -0.598. The molecule has 2 aliphatic rings. The van der Waals surface area contributed by atoms with E-state index in [2.05, 4.69) is 5.10 Å². The summed E-state index contributed by atoms with van der Waals surface area (Å²) < 4.78 is 55.8.